The molecule has 0 saturated carbocycles. The molecule has 0 aromatic heterocycles. The maximum atomic E-state index is 14.3. The molecule has 0 radical (unpaired) electrons. The Hall–Kier alpha value is -2.21. The third kappa shape index (κ3) is 3.14. The number of halogens is 2. The normalized spacial score (nSPS) is 25.9. The second-order valence-electron chi connectivity index (χ2n) is 6.82. The molecule has 1 aromatic rings. The molecule has 3 rings (SSSR count). The Morgan fingerprint density at radius 3 is 2.88 bits per heavy atom. The quantitative estimate of drug-likeness (QED) is 0.717. The SMILES string of the molecule is C=CC[C@@H]1C[C@@]2(C(C)Cc3cc(F)c(OC)cc3F)OCOC2=CC1=O. The van der Waals surface area contributed by atoms with Crippen LogP contribution in [0, 0.1) is 23.5 Å². The van der Waals surface area contributed by atoms with Crippen molar-refractivity contribution in [2.24, 2.45) is 11.8 Å². The van der Waals surface area contributed by atoms with Crippen LogP contribution in [-0.2, 0) is 20.7 Å². The van der Waals surface area contributed by atoms with Crippen LogP contribution in [0.3, 0.4) is 0 Å². The van der Waals surface area contributed by atoms with E-state index in [1.54, 1.807) is 6.08 Å². The second-order valence-corrected chi connectivity index (χ2v) is 6.82. The van der Waals surface area contributed by atoms with Crippen molar-refractivity contribution in [3.8, 4) is 5.75 Å². The molecule has 26 heavy (non-hydrogen) atoms. The van der Waals surface area contributed by atoms with E-state index in [2.05, 4.69) is 6.58 Å². The molecule has 1 unspecified atom stereocenters. The number of ether oxygens (including phenoxy) is 3. The van der Waals surface area contributed by atoms with Crippen LogP contribution in [0.15, 0.2) is 36.6 Å². The van der Waals surface area contributed by atoms with Crippen molar-refractivity contribution in [3.05, 3.63) is 53.8 Å². The monoisotopic (exact) mass is 364 g/mol. The van der Waals surface area contributed by atoms with Gasteiger partial charge in [-0.3, -0.25) is 4.79 Å². The van der Waals surface area contributed by atoms with Crippen molar-refractivity contribution in [3.63, 3.8) is 0 Å². The van der Waals surface area contributed by atoms with Gasteiger partial charge in [-0.1, -0.05) is 13.0 Å². The molecule has 0 amide bonds. The molecule has 3 atom stereocenters. The lowest BCUT2D eigenvalue weighted by atomic mass is 9.71. The van der Waals surface area contributed by atoms with Gasteiger partial charge in [0.05, 0.1) is 7.11 Å². The Morgan fingerprint density at radius 1 is 1.42 bits per heavy atom. The number of allylic oxidation sites excluding steroid dienone is 2. The van der Waals surface area contributed by atoms with Crippen LogP contribution < -0.4 is 4.74 Å². The van der Waals surface area contributed by atoms with Gasteiger partial charge in [0.25, 0.3) is 0 Å². The van der Waals surface area contributed by atoms with Crippen molar-refractivity contribution < 1.29 is 27.8 Å². The summed E-state index contributed by atoms with van der Waals surface area (Å²) in [5, 5.41) is 0. The fourth-order valence-electron chi connectivity index (χ4n) is 3.79. The highest BCUT2D eigenvalue weighted by molar-refractivity contribution is 5.93. The van der Waals surface area contributed by atoms with Gasteiger partial charge < -0.3 is 14.2 Å². The molecule has 0 spiro atoms. The third-order valence-corrected chi connectivity index (χ3v) is 5.27. The summed E-state index contributed by atoms with van der Waals surface area (Å²) in [4.78, 5) is 12.2. The van der Waals surface area contributed by atoms with Gasteiger partial charge in [-0.2, -0.15) is 0 Å². The van der Waals surface area contributed by atoms with Crippen molar-refractivity contribution in [1.82, 2.24) is 0 Å². The van der Waals surface area contributed by atoms with E-state index in [-0.39, 0.29) is 42.1 Å². The lowest BCUT2D eigenvalue weighted by molar-refractivity contribution is -0.123. The van der Waals surface area contributed by atoms with E-state index in [4.69, 9.17) is 14.2 Å². The van der Waals surface area contributed by atoms with Crippen molar-refractivity contribution in [2.75, 3.05) is 13.9 Å². The van der Waals surface area contributed by atoms with Crippen LogP contribution in [0.5, 0.6) is 5.75 Å². The van der Waals surface area contributed by atoms with E-state index in [0.717, 1.165) is 12.1 Å². The van der Waals surface area contributed by atoms with Crippen LogP contribution >= 0.6 is 0 Å². The van der Waals surface area contributed by atoms with Gasteiger partial charge in [-0.05, 0) is 36.8 Å². The van der Waals surface area contributed by atoms with Crippen LogP contribution in [-0.4, -0.2) is 25.3 Å². The molecule has 140 valence electrons. The number of methoxy groups -OCH3 is 1. The number of fused-ring (bicyclic) bond motifs is 1. The standard InChI is InChI=1S/C20H22F2O4/c1-4-5-13-10-20(19(9-17(13)23)25-11-26-20)12(2)6-14-7-16(22)18(24-3)8-15(14)21/h4,7-9,12-13H,1,5-6,10-11H2,2-3H3/t12?,13-,20+/m1/s1. The molecule has 4 nitrogen and oxygen atoms in total. The van der Waals surface area contributed by atoms with Crippen molar-refractivity contribution in [1.29, 1.82) is 0 Å². The number of rotatable bonds is 6. The molecule has 1 heterocycles. The maximum Gasteiger partial charge on any atom is 0.189 e. The smallest absolute Gasteiger partial charge is 0.189 e. The number of benzene rings is 1. The summed E-state index contributed by atoms with van der Waals surface area (Å²) in [7, 11) is 1.29. The number of hydrogen-bond acceptors (Lipinski definition) is 4. The Kier molecular flexibility index (Phi) is 5.14. The fourth-order valence-corrected chi connectivity index (χ4v) is 3.79. The van der Waals surface area contributed by atoms with E-state index < -0.39 is 17.2 Å². The molecule has 1 aliphatic carbocycles. The summed E-state index contributed by atoms with van der Waals surface area (Å²) < 4.78 is 44.6. The molecule has 1 fully saturated rings. The highest BCUT2D eigenvalue weighted by Crippen LogP contribution is 2.46. The van der Waals surface area contributed by atoms with E-state index in [9.17, 15) is 13.6 Å². The lowest BCUT2D eigenvalue weighted by Gasteiger charge is -2.38. The average molecular weight is 364 g/mol. The summed E-state index contributed by atoms with van der Waals surface area (Å²) in [6.45, 7) is 5.64. The van der Waals surface area contributed by atoms with Crippen LogP contribution in [0.2, 0.25) is 0 Å². The first-order valence-electron chi connectivity index (χ1n) is 8.57. The van der Waals surface area contributed by atoms with E-state index >= 15 is 0 Å². The van der Waals surface area contributed by atoms with Crippen LogP contribution in [0.4, 0.5) is 8.78 Å². The molecular weight excluding hydrogens is 342 g/mol. The zero-order chi connectivity index (χ0) is 18.9. The van der Waals surface area contributed by atoms with Gasteiger partial charge in [-0.15, -0.1) is 6.58 Å². The highest BCUT2D eigenvalue weighted by Gasteiger charge is 2.51. The maximum absolute atomic E-state index is 14.3. The van der Waals surface area contributed by atoms with Gasteiger partial charge in [0.15, 0.2) is 24.1 Å². The van der Waals surface area contributed by atoms with Gasteiger partial charge in [0.2, 0.25) is 0 Å². The molecule has 0 bridgehead atoms. The molecule has 2 aliphatic rings. The highest BCUT2D eigenvalue weighted by atomic mass is 19.1. The van der Waals surface area contributed by atoms with Gasteiger partial charge in [0, 0.05) is 18.1 Å². The molecule has 0 N–H and O–H groups in total. The first kappa shape index (κ1) is 18.6. The summed E-state index contributed by atoms with van der Waals surface area (Å²) >= 11 is 0. The van der Waals surface area contributed by atoms with E-state index in [1.807, 2.05) is 6.92 Å². The Labute approximate surface area is 151 Å². The summed E-state index contributed by atoms with van der Waals surface area (Å²) in [5.74, 6) is -1.30. The van der Waals surface area contributed by atoms with Gasteiger partial charge >= 0.3 is 0 Å². The lowest BCUT2D eigenvalue weighted by Crippen LogP contribution is -2.45. The topological polar surface area (TPSA) is 44.8 Å². The number of carbonyl (C=O) groups is 1. The van der Waals surface area contributed by atoms with Gasteiger partial charge in [0.1, 0.15) is 17.2 Å². The van der Waals surface area contributed by atoms with Gasteiger partial charge in [-0.25, -0.2) is 8.78 Å². The minimum absolute atomic E-state index is 0.0186. The van der Waals surface area contributed by atoms with Crippen molar-refractivity contribution in [2.45, 2.75) is 31.8 Å². The first-order valence-corrected chi connectivity index (χ1v) is 8.57. The molecule has 1 aromatic carbocycles. The number of ketones is 1. The van der Waals surface area contributed by atoms with E-state index in [0.29, 0.717) is 18.6 Å². The van der Waals surface area contributed by atoms with Crippen LogP contribution in [0.1, 0.15) is 25.3 Å². The number of hydrogen-bond donors (Lipinski definition) is 0. The zero-order valence-corrected chi connectivity index (χ0v) is 14.9. The Morgan fingerprint density at radius 2 is 2.19 bits per heavy atom. The predicted octanol–water partition coefficient (Wildman–Crippen LogP) is 3.94. The predicted molar refractivity (Wildman–Crippen MR) is 91.6 cm³/mol. The Bertz CT molecular complexity index is 758. The Balaban J connectivity index is 1.89. The average Bonchev–Trinajstić information content (AvgIpc) is 3.02. The van der Waals surface area contributed by atoms with Crippen LogP contribution in [0.25, 0.3) is 0 Å². The van der Waals surface area contributed by atoms with E-state index in [1.165, 1.54) is 13.2 Å². The summed E-state index contributed by atoms with van der Waals surface area (Å²) in [6.07, 6.45) is 4.39. The molecule has 1 aliphatic heterocycles. The largest absolute Gasteiger partial charge is 0.494 e. The number of carbonyl (C=O) groups excluding carboxylic acids is 1. The summed E-state index contributed by atoms with van der Waals surface area (Å²) in [6, 6.07) is 2.19. The minimum atomic E-state index is -0.815. The molecule has 1 saturated heterocycles. The summed E-state index contributed by atoms with van der Waals surface area (Å²) in [5.41, 5.74) is -0.582. The third-order valence-electron chi connectivity index (χ3n) is 5.27. The van der Waals surface area contributed by atoms with Crippen molar-refractivity contribution >= 4 is 5.78 Å². The minimum Gasteiger partial charge on any atom is -0.494 e. The molecular formula is C20H22F2O4. The second kappa shape index (κ2) is 7.19. The first-order chi connectivity index (χ1) is 12.4. The zero-order valence-electron chi connectivity index (χ0n) is 14.9. The fraction of sp³-hybridized carbons (Fsp3) is 0.450. The molecule has 6 heteroatoms.